The summed E-state index contributed by atoms with van der Waals surface area (Å²) in [6.45, 7) is 5.56. The van der Waals surface area contributed by atoms with Gasteiger partial charge in [0.2, 0.25) is 21.8 Å². The molecule has 1 aliphatic heterocycles. The van der Waals surface area contributed by atoms with Crippen molar-refractivity contribution in [2.24, 2.45) is 5.41 Å². The van der Waals surface area contributed by atoms with Crippen LogP contribution in [0.3, 0.4) is 0 Å². The zero-order valence-corrected chi connectivity index (χ0v) is 18.5. The molecule has 9 heteroatoms. The van der Waals surface area contributed by atoms with Crippen LogP contribution in [-0.2, 0) is 19.6 Å². The smallest absolute Gasteiger partial charge is 0.246 e. The standard InChI is InChI=1S/C22H26FN3O4S/c1-22(2,3)21(28)25-16-12-10-15(11-13-16)24-20(27)18-8-6-14-26(18)31(29,30)19-9-5-4-7-17(19)23/h4-5,7,9-13,18H,6,8,14H2,1-3H3,(H,24,27)(H,25,28)/t18-/m0/s1. The molecule has 7 nitrogen and oxygen atoms in total. The number of hydrogen-bond donors (Lipinski definition) is 2. The first kappa shape index (κ1) is 22.9. The molecule has 0 spiro atoms. The van der Waals surface area contributed by atoms with E-state index >= 15 is 0 Å². The minimum Gasteiger partial charge on any atom is -0.326 e. The molecular weight excluding hydrogens is 421 g/mol. The minimum atomic E-state index is -4.14. The van der Waals surface area contributed by atoms with Gasteiger partial charge in [-0.1, -0.05) is 32.9 Å². The Labute approximate surface area is 181 Å². The number of carbonyl (C=O) groups is 2. The number of hydrogen-bond acceptors (Lipinski definition) is 4. The van der Waals surface area contributed by atoms with Gasteiger partial charge in [0, 0.05) is 23.3 Å². The highest BCUT2D eigenvalue weighted by Crippen LogP contribution is 2.28. The van der Waals surface area contributed by atoms with Crippen molar-refractivity contribution >= 4 is 33.2 Å². The molecule has 0 aliphatic carbocycles. The minimum absolute atomic E-state index is 0.135. The molecule has 0 aromatic heterocycles. The van der Waals surface area contributed by atoms with Crippen LogP contribution in [0.25, 0.3) is 0 Å². The summed E-state index contributed by atoms with van der Waals surface area (Å²) < 4.78 is 41.0. The van der Waals surface area contributed by atoms with Crippen molar-refractivity contribution in [1.82, 2.24) is 4.31 Å². The van der Waals surface area contributed by atoms with E-state index in [9.17, 15) is 22.4 Å². The van der Waals surface area contributed by atoms with E-state index in [0.717, 1.165) is 10.4 Å². The first-order valence-corrected chi connectivity index (χ1v) is 11.4. The van der Waals surface area contributed by atoms with Crippen molar-refractivity contribution in [3.63, 3.8) is 0 Å². The van der Waals surface area contributed by atoms with Crippen molar-refractivity contribution in [1.29, 1.82) is 0 Å². The lowest BCUT2D eigenvalue weighted by molar-refractivity contribution is -0.123. The molecule has 0 unspecified atom stereocenters. The van der Waals surface area contributed by atoms with Gasteiger partial charge in [0.1, 0.15) is 16.8 Å². The Bertz CT molecular complexity index is 1080. The number of amides is 2. The Morgan fingerprint density at radius 2 is 1.58 bits per heavy atom. The third-order valence-electron chi connectivity index (χ3n) is 5.02. The fourth-order valence-corrected chi connectivity index (χ4v) is 4.97. The van der Waals surface area contributed by atoms with Gasteiger partial charge < -0.3 is 10.6 Å². The van der Waals surface area contributed by atoms with Crippen molar-refractivity contribution in [2.45, 2.75) is 44.6 Å². The molecule has 0 bridgehead atoms. The van der Waals surface area contributed by atoms with Gasteiger partial charge in [-0.2, -0.15) is 4.31 Å². The van der Waals surface area contributed by atoms with Crippen LogP contribution in [0.5, 0.6) is 0 Å². The maximum Gasteiger partial charge on any atom is 0.246 e. The number of anilines is 2. The van der Waals surface area contributed by atoms with Crippen molar-refractivity contribution < 1.29 is 22.4 Å². The van der Waals surface area contributed by atoms with Gasteiger partial charge in [0.25, 0.3) is 0 Å². The van der Waals surface area contributed by atoms with Crippen molar-refractivity contribution in [3.8, 4) is 0 Å². The number of nitrogens with zero attached hydrogens (tertiary/aromatic N) is 1. The van der Waals surface area contributed by atoms with Crippen LogP contribution in [0.4, 0.5) is 15.8 Å². The lowest BCUT2D eigenvalue weighted by atomic mass is 9.95. The van der Waals surface area contributed by atoms with Crippen LogP contribution in [0.1, 0.15) is 33.6 Å². The zero-order valence-electron chi connectivity index (χ0n) is 17.7. The maximum absolute atomic E-state index is 14.1. The van der Waals surface area contributed by atoms with Crippen LogP contribution < -0.4 is 10.6 Å². The van der Waals surface area contributed by atoms with E-state index in [1.165, 1.54) is 18.2 Å². The van der Waals surface area contributed by atoms with Crippen LogP contribution in [0, 0.1) is 11.2 Å². The molecule has 0 saturated carbocycles. The van der Waals surface area contributed by atoms with Gasteiger partial charge in [-0.25, -0.2) is 12.8 Å². The van der Waals surface area contributed by atoms with E-state index < -0.39 is 38.1 Å². The molecule has 2 aromatic rings. The zero-order chi connectivity index (χ0) is 22.8. The summed E-state index contributed by atoms with van der Waals surface area (Å²) in [5.74, 6) is -1.46. The Balaban J connectivity index is 1.71. The molecule has 1 fully saturated rings. The van der Waals surface area contributed by atoms with Gasteiger partial charge in [-0.15, -0.1) is 0 Å². The van der Waals surface area contributed by atoms with Gasteiger partial charge in [-0.3, -0.25) is 9.59 Å². The normalized spacial score (nSPS) is 17.4. The molecule has 1 saturated heterocycles. The quantitative estimate of drug-likeness (QED) is 0.732. The van der Waals surface area contributed by atoms with E-state index in [1.807, 2.05) is 0 Å². The van der Waals surface area contributed by atoms with Gasteiger partial charge in [0.05, 0.1) is 0 Å². The number of benzene rings is 2. The highest BCUT2D eigenvalue weighted by molar-refractivity contribution is 7.89. The van der Waals surface area contributed by atoms with Crippen molar-refractivity contribution in [2.75, 3.05) is 17.2 Å². The molecule has 0 radical (unpaired) electrons. The highest BCUT2D eigenvalue weighted by Gasteiger charge is 2.40. The summed E-state index contributed by atoms with van der Waals surface area (Å²) >= 11 is 0. The second-order valence-electron chi connectivity index (χ2n) is 8.47. The van der Waals surface area contributed by atoms with Gasteiger partial charge >= 0.3 is 0 Å². The summed E-state index contributed by atoms with van der Waals surface area (Å²) in [4.78, 5) is 24.4. The van der Waals surface area contributed by atoms with Crippen LogP contribution in [-0.4, -0.2) is 37.1 Å². The van der Waals surface area contributed by atoms with Crippen LogP contribution >= 0.6 is 0 Å². The fraction of sp³-hybridized carbons (Fsp3) is 0.364. The lowest BCUT2D eigenvalue weighted by Gasteiger charge is -2.23. The predicted molar refractivity (Wildman–Crippen MR) is 116 cm³/mol. The fourth-order valence-electron chi connectivity index (χ4n) is 3.25. The molecule has 2 N–H and O–H groups in total. The van der Waals surface area contributed by atoms with Gasteiger partial charge in [0.15, 0.2) is 0 Å². The Morgan fingerprint density at radius 3 is 2.16 bits per heavy atom. The SMILES string of the molecule is CC(C)(C)C(=O)Nc1ccc(NC(=O)[C@@H]2CCCN2S(=O)(=O)c2ccccc2F)cc1. The van der Waals surface area contributed by atoms with E-state index in [0.29, 0.717) is 24.2 Å². The second kappa shape index (κ2) is 8.76. The summed E-state index contributed by atoms with van der Waals surface area (Å²) in [6.07, 6.45) is 0.850. The Hall–Kier alpha value is -2.78. The second-order valence-corrected chi connectivity index (χ2v) is 10.3. The monoisotopic (exact) mass is 447 g/mol. The van der Waals surface area contributed by atoms with Crippen LogP contribution in [0.15, 0.2) is 53.4 Å². The maximum atomic E-state index is 14.1. The molecular formula is C22H26FN3O4S. The summed E-state index contributed by atoms with van der Waals surface area (Å²) in [5.41, 5.74) is 0.513. The largest absolute Gasteiger partial charge is 0.326 e. The molecule has 166 valence electrons. The number of halogens is 1. The third kappa shape index (κ3) is 5.11. The lowest BCUT2D eigenvalue weighted by Crippen LogP contribution is -2.43. The molecule has 1 aliphatic rings. The summed E-state index contributed by atoms with van der Waals surface area (Å²) in [7, 11) is -4.14. The Morgan fingerprint density at radius 1 is 1.00 bits per heavy atom. The molecule has 1 atom stereocenters. The topological polar surface area (TPSA) is 95.6 Å². The summed E-state index contributed by atoms with van der Waals surface area (Å²) in [6, 6.07) is 10.8. The average Bonchev–Trinajstić information content (AvgIpc) is 3.20. The van der Waals surface area contributed by atoms with E-state index in [4.69, 9.17) is 0 Å². The number of rotatable bonds is 5. The van der Waals surface area contributed by atoms with E-state index in [1.54, 1.807) is 45.0 Å². The molecule has 2 aromatic carbocycles. The highest BCUT2D eigenvalue weighted by atomic mass is 32.2. The van der Waals surface area contributed by atoms with Gasteiger partial charge in [-0.05, 0) is 49.2 Å². The predicted octanol–water partition coefficient (Wildman–Crippen LogP) is 3.60. The molecule has 2 amide bonds. The summed E-state index contributed by atoms with van der Waals surface area (Å²) in [5, 5.41) is 5.50. The van der Waals surface area contributed by atoms with E-state index in [2.05, 4.69) is 10.6 Å². The molecule has 3 rings (SSSR count). The van der Waals surface area contributed by atoms with Crippen molar-refractivity contribution in [3.05, 3.63) is 54.3 Å². The first-order valence-electron chi connectivity index (χ1n) is 9.99. The Kier molecular flexibility index (Phi) is 6.47. The first-order chi connectivity index (χ1) is 14.5. The number of carbonyl (C=O) groups excluding carboxylic acids is 2. The number of sulfonamides is 1. The molecule has 1 heterocycles. The number of nitrogens with one attached hydrogen (secondary N) is 2. The molecule has 31 heavy (non-hydrogen) atoms. The van der Waals surface area contributed by atoms with E-state index in [-0.39, 0.29) is 12.5 Å². The average molecular weight is 448 g/mol. The third-order valence-corrected chi connectivity index (χ3v) is 6.96. The van der Waals surface area contributed by atoms with Crippen LogP contribution in [0.2, 0.25) is 0 Å².